The molecule has 6 heteroatoms. The molecule has 4 nitrogen and oxygen atoms in total. The number of nitrogens with one attached hydrogen (secondary N) is 1. The van der Waals surface area contributed by atoms with Crippen LogP contribution in [0.3, 0.4) is 0 Å². The summed E-state index contributed by atoms with van der Waals surface area (Å²) in [6, 6.07) is 1.83. The fourth-order valence-corrected chi connectivity index (χ4v) is 3.05. The fourth-order valence-electron chi connectivity index (χ4n) is 1.58. The van der Waals surface area contributed by atoms with Gasteiger partial charge in [0.1, 0.15) is 5.69 Å². The molecule has 2 heterocycles. The van der Waals surface area contributed by atoms with Gasteiger partial charge < -0.3 is 4.90 Å². The fraction of sp³-hybridized carbons (Fsp3) is 0.556. The maximum absolute atomic E-state index is 12.0. The van der Waals surface area contributed by atoms with Gasteiger partial charge in [0, 0.05) is 30.1 Å². The highest BCUT2D eigenvalue weighted by Gasteiger charge is 2.27. The van der Waals surface area contributed by atoms with Crippen molar-refractivity contribution in [2.45, 2.75) is 6.04 Å². The number of carbonyl (C=O) groups is 1. The van der Waals surface area contributed by atoms with Gasteiger partial charge in [0.25, 0.3) is 5.91 Å². The summed E-state index contributed by atoms with van der Waals surface area (Å²) < 4.78 is 0. The second-order valence-corrected chi connectivity index (χ2v) is 4.81. The van der Waals surface area contributed by atoms with Gasteiger partial charge in [0.2, 0.25) is 0 Å². The third-order valence-electron chi connectivity index (χ3n) is 2.40. The smallest absolute Gasteiger partial charge is 0.272 e. The van der Waals surface area contributed by atoms with Gasteiger partial charge >= 0.3 is 0 Å². The quantitative estimate of drug-likeness (QED) is 0.797. The largest absolute Gasteiger partial charge is 0.331 e. The average molecular weight is 246 g/mol. The minimum absolute atomic E-state index is 0.00144. The first-order chi connectivity index (χ1) is 7.33. The molecule has 0 aliphatic carbocycles. The molecule has 0 spiro atoms. The van der Waals surface area contributed by atoms with Crippen LogP contribution in [-0.2, 0) is 0 Å². The van der Waals surface area contributed by atoms with Crippen molar-refractivity contribution in [3.05, 3.63) is 18.0 Å². The molecule has 0 bridgehead atoms. The lowest BCUT2D eigenvalue weighted by Gasteiger charge is -2.33. The lowest BCUT2D eigenvalue weighted by atomic mass is 10.2. The molecule has 1 aromatic heterocycles. The van der Waals surface area contributed by atoms with E-state index >= 15 is 0 Å². The van der Waals surface area contributed by atoms with E-state index < -0.39 is 0 Å². The van der Waals surface area contributed by atoms with Crippen molar-refractivity contribution in [2.75, 3.05) is 23.9 Å². The summed E-state index contributed by atoms with van der Waals surface area (Å²) in [5.74, 6) is 2.39. The first-order valence-electron chi connectivity index (χ1n) is 4.77. The van der Waals surface area contributed by atoms with E-state index in [4.69, 9.17) is 11.6 Å². The Morgan fingerprint density at radius 3 is 3.33 bits per heavy atom. The Kier molecular flexibility index (Phi) is 3.53. The highest BCUT2D eigenvalue weighted by Crippen LogP contribution is 2.19. The number of aromatic nitrogens is 2. The van der Waals surface area contributed by atoms with Crippen LogP contribution in [0.1, 0.15) is 10.5 Å². The van der Waals surface area contributed by atoms with E-state index in [0.717, 1.165) is 18.1 Å². The second kappa shape index (κ2) is 4.90. The number of hydrogen-bond acceptors (Lipinski definition) is 3. The minimum atomic E-state index is -0.00144. The van der Waals surface area contributed by atoms with Crippen LogP contribution in [0.25, 0.3) is 0 Å². The van der Waals surface area contributed by atoms with Gasteiger partial charge in [-0.25, -0.2) is 0 Å². The van der Waals surface area contributed by atoms with E-state index in [1.807, 2.05) is 16.7 Å². The highest BCUT2D eigenvalue weighted by molar-refractivity contribution is 7.99. The van der Waals surface area contributed by atoms with Crippen molar-refractivity contribution in [3.8, 4) is 0 Å². The number of thioether (sulfide) groups is 1. The van der Waals surface area contributed by atoms with Gasteiger partial charge in [0.05, 0.1) is 6.04 Å². The number of H-pyrrole nitrogens is 1. The molecule has 1 atom stereocenters. The molecule has 1 N–H and O–H groups in total. The summed E-state index contributed by atoms with van der Waals surface area (Å²) in [7, 11) is 0. The van der Waals surface area contributed by atoms with E-state index in [0.29, 0.717) is 11.6 Å². The van der Waals surface area contributed by atoms with Gasteiger partial charge in [-0.2, -0.15) is 16.9 Å². The zero-order valence-corrected chi connectivity index (χ0v) is 9.72. The number of rotatable bonds is 2. The lowest BCUT2D eigenvalue weighted by molar-refractivity contribution is 0.0712. The first-order valence-corrected chi connectivity index (χ1v) is 6.46. The van der Waals surface area contributed by atoms with Crippen molar-refractivity contribution in [1.29, 1.82) is 0 Å². The maximum atomic E-state index is 12.0. The number of carbonyl (C=O) groups excluding carboxylic acids is 1. The number of nitrogens with zero attached hydrogens (tertiary/aromatic N) is 2. The summed E-state index contributed by atoms with van der Waals surface area (Å²) >= 11 is 7.69. The Hall–Kier alpha value is -0.680. The number of halogens is 1. The molecule has 0 radical (unpaired) electrons. The highest BCUT2D eigenvalue weighted by atomic mass is 35.5. The molecule has 0 saturated carbocycles. The Labute approximate surface area is 97.4 Å². The van der Waals surface area contributed by atoms with Crippen LogP contribution >= 0.6 is 23.4 Å². The van der Waals surface area contributed by atoms with E-state index in [-0.39, 0.29) is 11.9 Å². The predicted octanol–water partition coefficient (Wildman–Crippen LogP) is 1.21. The van der Waals surface area contributed by atoms with Crippen molar-refractivity contribution < 1.29 is 4.79 Å². The van der Waals surface area contributed by atoms with Crippen molar-refractivity contribution in [1.82, 2.24) is 15.1 Å². The van der Waals surface area contributed by atoms with E-state index in [1.165, 1.54) is 0 Å². The standard InChI is InChI=1S/C9H12ClN3OS/c10-5-7-6-15-4-3-13(7)9(14)8-1-2-11-12-8/h1-2,7H,3-6H2,(H,11,12). The summed E-state index contributed by atoms with van der Waals surface area (Å²) in [6.07, 6.45) is 1.58. The molecule has 1 aliphatic heterocycles. The Morgan fingerprint density at radius 2 is 2.67 bits per heavy atom. The zero-order valence-electron chi connectivity index (χ0n) is 8.15. The van der Waals surface area contributed by atoms with Crippen LogP contribution in [0.4, 0.5) is 0 Å². The molecule has 0 aromatic carbocycles. The van der Waals surface area contributed by atoms with Crippen LogP contribution in [0.2, 0.25) is 0 Å². The molecular weight excluding hydrogens is 234 g/mol. The minimum Gasteiger partial charge on any atom is -0.331 e. The van der Waals surface area contributed by atoms with Crippen molar-refractivity contribution in [2.24, 2.45) is 0 Å². The van der Waals surface area contributed by atoms with E-state index in [9.17, 15) is 4.79 Å². The third-order valence-corrected chi connectivity index (χ3v) is 3.85. The van der Waals surface area contributed by atoms with Crippen molar-refractivity contribution >= 4 is 29.3 Å². The van der Waals surface area contributed by atoms with E-state index in [2.05, 4.69) is 10.2 Å². The maximum Gasteiger partial charge on any atom is 0.272 e. The third kappa shape index (κ3) is 2.29. The number of aromatic amines is 1. The molecule has 1 aliphatic rings. The van der Waals surface area contributed by atoms with Crippen LogP contribution < -0.4 is 0 Å². The van der Waals surface area contributed by atoms with Crippen LogP contribution in [-0.4, -0.2) is 51.0 Å². The summed E-state index contributed by atoms with van der Waals surface area (Å²) in [4.78, 5) is 13.8. The van der Waals surface area contributed by atoms with Gasteiger partial charge in [-0.3, -0.25) is 9.89 Å². The summed E-state index contributed by atoms with van der Waals surface area (Å²) in [6.45, 7) is 0.764. The zero-order chi connectivity index (χ0) is 10.7. The van der Waals surface area contributed by atoms with Crippen LogP contribution in [0.5, 0.6) is 0 Å². The predicted molar refractivity (Wildman–Crippen MR) is 61.5 cm³/mol. The average Bonchev–Trinajstić information content (AvgIpc) is 2.81. The molecule has 1 fully saturated rings. The Balaban J connectivity index is 2.11. The first kappa shape index (κ1) is 10.8. The SMILES string of the molecule is O=C(c1ccn[nH]1)N1CCSCC1CCl. The van der Waals surface area contributed by atoms with E-state index in [1.54, 1.807) is 12.3 Å². The van der Waals surface area contributed by atoms with Gasteiger partial charge in [0.15, 0.2) is 0 Å². The number of amides is 1. The van der Waals surface area contributed by atoms with Gasteiger partial charge in [-0.15, -0.1) is 11.6 Å². The summed E-state index contributed by atoms with van der Waals surface area (Å²) in [5.41, 5.74) is 0.539. The number of alkyl halides is 1. The van der Waals surface area contributed by atoms with Crippen LogP contribution in [0, 0.1) is 0 Å². The molecular formula is C9H12ClN3OS. The molecule has 15 heavy (non-hydrogen) atoms. The monoisotopic (exact) mass is 245 g/mol. The van der Waals surface area contributed by atoms with Crippen molar-refractivity contribution in [3.63, 3.8) is 0 Å². The number of hydrogen-bond donors (Lipinski definition) is 1. The molecule has 1 unspecified atom stereocenters. The second-order valence-electron chi connectivity index (χ2n) is 3.35. The normalized spacial score (nSPS) is 21.7. The summed E-state index contributed by atoms with van der Waals surface area (Å²) in [5, 5.41) is 6.47. The Bertz CT molecular complexity index is 330. The van der Waals surface area contributed by atoms with Gasteiger partial charge in [-0.1, -0.05) is 0 Å². The molecule has 1 amide bonds. The molecule has 2 rings (SSSR count). The molecule has 82 valence electrons. The molecule has 1 aromatic rings. The van der Waals surface area contributed by atoms with Crippen LogP contribution in [0.15, 0.2) is 12.3 Å². The molecule has 1 saturated heterocycles. The van der Waals surface area contributed by atoms with Gasteiger partial charge in [-0.05, 0) is 6.07 Å². The lowest BCUT2D eigenvalue weighted by Crippen LogP contribution is -2.47. The Morgan fingerprint density at radius 1 is 1.80 bits per heavy atom. The topological polar surface area (TPSA) is 49.0 Å².